The average molecular weight is 589 g/mol. The number of hydrogen-bond acceptors (Lipinski definition) is 7. The molecule has 0 bridgehead atoms. The summed E-state index contributed by atoms with van der Waals surface area (Å²) >= 11 is 0. The summed E-state index contributed by atoms with van der Waals surface area (Å²) in [4.78, 5) is 32.1. The van der Waals surface area contributed by atoms with Crippen LogP contribution < -0.4 is 15.8 Å². The van der Waals surface area contributed by atoms with Gasteiger partial charge >= 0.3 is 6.18 Å². The van der Waals surface area contributed by atoms with E-state index in [0.29, 0.717) is 47.6 Å². The second kappa shape index (κ2) is 13.9. The smallest absolute Gasteiger partial charge is 0.416 e. The molecule has 1 unspecified atom stereocenters. The molecule has 0 saturated heterocycles. The van der Waals surface area contributed by atoms with Gasteiger partial charge in [-0.2, -0.15) is 18.3 Å². The van der Waals surface area contributed by atoms with Gasteiger partial charge in [0.05, 0.1) is 35.4 Å². The number of methoxy groups -OCH3 is 1. The number of nitrogens with zero attached hydrogens (tertiary/aromatic N) is 4. The Hall–Kier alpha value is -4.55. The van der Waals surface area contributed by atoms with Gasteiger partial charge in [-0.1, -0.05) is 33.3 Å². The number of nitrogen functional groups attached to an aromatic ring is 1. The van der Waals surface area contributed by atoms with Gasteiger partial charge in [-0.25, -0.2) is 19.0 Å². The standard InChI is InChI=1S/C26H24F4N6O3.C3H8/c1-3-16(5-4-10-37)36-24-21(23(31)32-13-33-24)22(35-36)14-6-9-19(20(11-14)39-2)34-25(38)17-8-7-15(12-18(17)27)26(28,29)30;1-3-2/h6-13,16H,3-5H2,1-2H3,(H,34,38)(H2,31,32,33);3H2,1-2H3. The van der Waals surface area contributed by atoms with Gasteiger partial charge in [-0.05, 0) is 43.2 Å². The van der Waals surface area contributed by atoms with Gasteiger partial charge in [-0.15, -0.1) is 0 Å². The topological polar surface area (TPSA) is 125 Å². The fraction of sp³-hybridized carbons (Fsp3) is 0.345. The van der Waals surface area contributed by atoms with Crippen molar-refractivity contribution in [3.63, 3.8) is 0 Å². The first-order chi connectivity index (χ1) is 20.0. The van der Waals surface area contributed by atoms with Crippen molar-refractivity contribution in [2.75, 3.05) is 18.2 Å². The first-order valence-corrected chi connectivity index (χ1v) is 13.3. The third-order valence-corrected chi connectivity index (χ3v) is 6.22. The number of anilines is 2. The van der Waals surface area contributed by atoms with E-state index in [1.807, 2.05) is 6.92 Å². The summed E-state index contributed by atoms with van der Waals surface area (Å²) in [5.41, 5.74) is 6.03. The molecule has 3 N–H and O–H groups in total. The van der Waals surface area contributed by atoms with Gasteiger partial charge in [-0.3, -0.25) is 4.79 Å². The van der Waals surface area contributed by atoms with Crippen LogP contribution >= 0.6 is 0 Å². The number of carbonyl (C=O) groups is 2. The lowest BCUT2D eigenvalue weighted by atomic mass is 10.1. The van der Waals surface area contributed by atoms with Crippen LogP contribution in [-0.4, -0.2) is 39.1 Å². The number of nitrogens with two attached hydrogens (primary N) is 1. The number of rotatable bonds is 9. The molecule has 4 rings (SSSR count). The highest BCUT2D eigenvalue weighted by Gasteiger charge is 2.32. The quantitative estimate of drug-likeness (QED) is 0.162. The molecule has 0 spiro atoms. The summed E-state index contributed by atoms with van der Waals surface area (Å²) in [6, 6.07) is 6.22. The SMILES string of the molecule is CCC.CCC(CCC=O)n1nc(-c2ccc(NC(=O)c3ccc(C(F)(F)F)cc3F)c(OC)c2)c2c(N)ncnc21. The highest BCUT2D eigenvalue weighted by Crippen LogP contribution is 2.37. The van der Waals surface area contributed by atoms with Crippen molar-refractivity contribution in [3.8, 4) is 17.0 Å². The largest absolute Gasteiger partial charge is 0.495 e. The zero-order valence-corrected chi connectivity index (χ0v) is 23.6. The third-order valence-electron chi connectivity index (χ3n) is 6.22. The molecule has 0 radical (unpaired) electrons. The monoisotopic (exact) mass is 588 g/mol. The zero-order valence-electron chi connectivity index (χ0n) is 23.6. The number of fused-ring (bicyclic) bond motifs is 1. The maximum absolute atomic E-state index is 14.3. The highest BCUT2D eigenvalue weighted by molar-refractivity contribution is 6.06. The summed E-state index contributed by atoms with van der Waals surface area (Å²) in [5, 5.41) is 7.69. The minimum atomic E-state index is -4.74. The molecular formula is C29H32F4N6O3. The Labute approximate surface area is 240 Å². The molecule has 2 heterocycles. The zero-order chi connectivity index (χ0) is 31.0. The lowest BCUT2D eigenvalue weighted by Crippen LogP contribution is -2.15. The van der Waals surface area contributed by atoms with Crippen LogP contribution in [0.2, 0.25) is 0 Å². The second-order valence-electron chi connectivity index (χ2n) is 9.33. The van der Waals surface area contributed by atoms with E-state index in [-0.39, 0.29) is 29.4 Å². The van der Waals surface area contributed by atoms with E-state index in [4.69, 9.17) is 15.6 Å². The minimum Gasteiger partial charge on any atom is -0.495 e. The summed E-state index contributed by atoms with van der Waals surface area (Å²) in [6.07, 6.45) is 0.250. The fourth-order valence-electron chi connectivity index (χ4n) is 4.22. The normalized spacial score (nSPS) is 11.9. The van der Waals surface area contributed by atoms with Gasteiger partial charge in [0.15, 0.2) is 5.65 Å². The van der Waals surface area contributed by atoms with Crippen LogP contribution in [0.4, 0.5) is 29.1 Å². The van der Waals surface area contributed by atoms with E-state index in [0.717, 1.165) is 12.4 Å². The van der Waals surface area contributed by atoms with E-state index < -0.39 is 29.0 Å². The number of alkyl halides is 3. The first kappa shape index (κ1) is 32.0. The van der Waals surface area contributed by atoms with Crippen LogP contribution in [0.15, 0.2) is 42.7 Å². The first-order valence-electron chi connectivity index (χ1n) is 13.3. The number of nitrogens with one attached hydrogen (secondary N) is 1. The molecule has 2 aromatic heterocycles. The molecule has 0 fully saturated rings. The maximum atomic E-state index is 14.3. The van der Waals surface area contributed by atoms with Crippen LogP contribution in [-0.2, 0) is 11.0 Å². The molecule has 0 saturated carbocycles. The predicted molar refractivity (Wildman–Crippen MR) is 152 cm³/mol. The van der Waals surface area contributed by atoms with E-state index in [1.54, 1.807) is 16.8 Å². The average Bonchev–Trinajstić information content (AvgIpc) is 3.34. The van der Waals surface area contributed by atoms with Crippen molar-refractivity contribution in [1.29, 1.82) is 0 Å². The number of halogens is 4. The summed E-state index contributed by atoms with van der Waals surface area (Å²) in [5.74, 6) is -1.90. The Balaban J connectivity index is 0.00000155. The number of carbonyl (C=O) groups excluding carboxylic acids is 2. The Bertz CT molecular complexity index is 1550. The lowest BCUT2D eigenvalue weighted by Gasteiger charge is -2.15. The highest BCUT2D eigenvalue weighted by atomic mass is 19.4. The van der Waals surface area contributed by atoms with Crippen molar-refractivity contribution in [1.82, 2.24) is 19.7 Å². The number of benzene rings is 2. The van der Waals surface area contributed by atoms with Crippen LogP contribution in [0.25, 0.3) is 22.3 Å². The van der Waals surface area contributed by atoms with Gasteiger partial charge in [0.1, 0.15) is 35.7 Å². The van der Waals surface area contributed by atoms with Crippen LogP contribution in [0.3, 0.4) is 0 Å². The molecule has 4 aromatic rings. The Morgan fingerprint density at radius 2 is 1.86 bits per heavy atom. The second-order valence-corrected chi connectivity index (χ2v) is 9.33. The molecule has 0 aliphatic heterocycles. The van der Waals surface area contributed by atoms with Gasteiger partial charge in [0.25, 0.3) is 5.91 Å². The molecule has 0 aliphatic carbocycles. The molecular weight excluding hydrogens is 556 g/mol. The fourth-order valence-corrected chi connectivity index (χ4v) is 4.22. The number of aromatic nitrogens is 4. The van der Waals surface area contributed by atoms with Gasteiger partial charge in [0, 0.05) is 12.0 Å². The Kier molecular flexibility index (Phi) is 10.6. The number of aldehydes is 1. The summed E-state index contributed by atoms with van der Waals surface area (Å²) in [6.45, 7) is 6.22. The molecule has 13 heteroatoms. The van der Waals surface area contributed by atoms with Crippen molar-refractivity contribution >= 4 is 34.7 Å². The van der Waals surface area contributed by atoms with Crippen molar-refractivity contribution in [2.45, 2.75) is 58.7 Å². The molecule has 1 amide bonds. The predicted octanol–water partition coefficient (Wildman–Crippen LogP) is 6.84. The number of amides is 1. The molecule has 0 aliphatic rings. The Morgan fingerprint density at radius 1 is 1.14 bits per heavy atom. The number of hydrogen-bond donors (Lipinski definition) is 2. The van der Waals surface area contributed by atoms with Gasteiger partial charge < -0.3 is 20.6 Å². The number of ether oxygens (including phenoxy) is 1. The molecule has 1 atom stereocenters. The van der Waals surface area contributed by atoms with Crippen molar-refractivity contribution in [3.05, 3.63) is 59.7 Å². The molecule has 2 aromatic carbocycles. The Morgan fingerprint density at radius 3 is 2.45 bits per heavy atom. The van der Waals surface area contributed by atoms with Crippen molar-refractivity contribution < 1.29 is 31.9 Å². The van der Waals surface area contributed by atoms with E-state index in [1.165, 1.54) is 25.9 Å². The van der Waals surface area contributed by atoms with Crippen LogP contribution in [0, 0.1) is 5.82 Å². The van der Waals surface area contributed by atoms with E-state index >= 15 is 0 Å². The molecule has 42 heavy (non-hydrogen) atoms. The summed E-state index contributed by atoms with van der Waals surface area (Å²) in [7, 11) is 1.36. The van der Waals surface area contributed by atoms with E-state index in [2.05, 4.69) is 29.1 Å². The minimum absolute atomic E-state index is 0.125. The summed E-state index contributed by atoms with van der Waals surface area (Å²) < 4.78 is 60.0. The molecule has 9 nitrogen and oxygen atoms in total. The van der Waals surface area contributed by atoms with E-state index in [9.17, 15) is 27.2 Å². The van der Waals surface area contributed by atoms with Crippen molar-refractivity contribution in [2.24, 2.45) is 0 Å². The third kappa shape index (κ3) is 7.01. The van der Waals surface area contributed by atoms with Gasteiger partial charge in [0.2, 0.25) is 0 Å². The maximum Gasteiger partial charge on any atom is 0.416 e. The van der Waals surface area contributed by atoms with Crippen LogP contribution in [0.1, 0.15) is 68.4 Å². The lowest BCUT2D eigenvalue weighted by molar-refractivity contribution is -0.137. The molecule has 224 valence electrons. The van der Waals surface area contributed by atoms with Crippen LogP contribution in [0.5, 0.6) is 5.75 Å².